The van der Waals surface area contributed by atoms with Crippen molar-refractivity contribution in [1.29, 1.82) is 0 Å². The van der Waals surface area contributed by atoms with E-state index >= 15 is 0 Å². The van der Waals surface area contributed by atoms with Gasteiger partial charge in [-0.3, -0.25) is 9.59 Å². The van der Waals surface area contributed by atoms with E-state index in [0.717, 1.165) is 19.3 Å². The van der Waals surface area contributed by atoms with Crippen LogP contribution >= 0.6 is 11.3 Å². The molecule has 0 aliphatic heterocycles. The van der Waals surface area contributed by atoms with Crippen LogP contribution in [0, 0.1) is 11.8 Å². The fourth-order valence-electron chi connectivity index (χ4n) is 2.85. The highest BCUT2D eigenvalue weighted by Gasteiger charge is 2.36. The van der Waals surface area contributed by atoms with Gasteiger partial charge in [-0.05, 0) is 30.7 Å². The Labute approximate surface area is 123 Å². The molecule has 0 saturated heterocycles. The van der Waals surface area contributed by atoms with E-state index in [1.165, 1.54) is 4.88 Å². The highest BCUT2D eigenvalue weighted by molar-refractivity contribution is 7.09. The minimum Gasteiger partial charge on any atom is -0.481 e. The van der Waals surface area contributed by atoms with Gasteiger partial charge in [0, 0.05) is 18.5 Å². The molecule has 0 spiro atoms. The van der Waals surface area contributed by atoms with Crippen molar-refractivity contribution >= 4 is 23.2 Å². The van der Waals surface area contributed by atoms with Gasteiger partial charge in [-0.15, -0.1) is 11.3 Å². The van der Waals surface area contributed by atoms with Gasteiger partial charge in [0.1, 0.15) is 0 Å². The van der Waals surface area contributed by atoms with Crippen LogP contribution in [0.1, 0.15) is 30.6 Å². The number of thiophene rings is 1. The Bertz CT molecular complexity index is 458. The molecule has 1 aromatic heterocycles. The lowest BCUT2D eigenvalue weighted by molar-refractivity contribution is -0.151. The number of carboxylic acids is 1. The monoisotopic (exact) mass is 295 g/mol. The summed E-state index contributed by atoms with van der Waals surface area (Å²) in [4.78, 5) is 26.7. The molecule has 0 aromatic carbocycles. The molecule has 1 N–H and O–H groups in total. The van der Waals surface area contributed by atoms with Crippen molar-refractivity contribution in [2.24, 2.45) is 11.8 Å². The van der Waals surface area contributed by atoms with E-state index in [1.54, 1.807) is 23.3 Å². The number of carbonyl (C=O) groups is 2. The van der Waals surface area contributed by atoms with Crippen molar-refractivity contribution in [2.45, 2.75) is 32.1 Å². The predicted octanol–water partition coefficient (Wildman–Crippen LogP) is 2.64. The Morgan fingerprint density at radius 1 is 1.35 bits per heavy atom. The van der Waals surface area contributed by atoms with Gasteiger partial charge in [-0.25, -0.2) is 0 Å². The standard InChI is InChI=1S/C15H21NO3S/c1-16(9-8-11-5-4-10-20-11)14(17)12-6-2-3-7-13(12)15(18)19/h4-5,10,12-13H,2-3,6-9H2,1H3,(H,18,19)/t12-,13+/m1/s1. The van der Waals surface area contributed by atoms with Crippen molar-refractivity contribution in [3.8, 4) is 0 Å². The van der Waals surface area contributed by atoms with Gasteiger partial charge in [0.15, 0.2) is 0 Å². The molecular formula is C15H21NO3S. The summed E-state index contributed by atoms with van der Waals surface area (Å²) in [6.07, 6.45) is 4.05. The summed E-state index contributed by atoms with van der Waals surface area (Å²) in [5.74, 6) is -1.67. The lowest BCUT2D eigenvalue weighted by Crippen LogP contribution is -2.41. The third-order valence-electron chi connectivity index (χ3n) is 4.05. The molecule has 1 aromatic rings. The van der Waals surface area contributed by atoms with Gasteiger partial charge in [-0.1, -0.05) is 18.9 Å². The second kappa shape index (κ2) is 6.88. The summed E-state index contributed by atoms with van der Waals surface area (Å²) in [5, 5.41) is 11.3. The lowest BCUT2D eigenvalue weighted by atomic mass is 9.78. The quantitative estimate of drug-likeness (QED) is 0.908. The van der Waals surface area contributed by atoms with E-state index in [1.807, 2.05) is 11.4 Å². The van der Waals surface area contributed by atoms with Gasteiger partial charge < -0.3 is 10.0 Å². The minimum atomic E-state index is -0.824. The number of aliphatic carboxylic acids is 1. The molecule has 1 heterocycles. The number of hydrogen-bond acceptors (Lipinski definition) is 3. The molecule has 20 heavy (non-hydrogen) atoms. The van der Waals surface area contributed by atoms with Gasteiger partial charge in [-0.2, -0.15) is 0 Å². The maximum atomic E-state index is 12.4. The van der Waals surface area contributed by atoms with Crippen LogP contribution in [0.4, 0.5) is 0 Å². The predicted molar refractivity (Wildman–Crippen MR) is 78.7 cm³/mol. The highest BCUT2D eigenvalue weighted by Crippen LogP contribution is 2.31. The van der Waals surface area contributed by atoms with Crippen molar-refractivity contribution in [2.75, 3.05) is 13.6 Å². The first-order valence-electron chi connectivity index (χ1n) is 7.09. The van der Waals surface area contributed by atoms with E-state index in [-0.39, 0.29) is 11.8 Å². The van der Waals surface area contributed by atoms with Crippen LogP contribution in [0.5, 0.6) is 0 Å². The van der Waals surface area contributed by atoms with Crippen LogP contribution in [0.2, 0.25) is 0 Å². The fourth-order valence-corrected chi connectivity index (χ4v) is 3.55. The van der Waals surface area contributed by atoms with Gasteiger partial charge in [0.25, 0.3) is 0 Å². The molecule has 110 valence electrons. The second-order valence-electron chi connectivity index (χ2n) is 5.42. The largest absolute Gasteiger partial charge is 0.481 e. The summed E-state index contributed by atoms with van der Waals surface area (Å²) in [5.41, 5.74) is 0. The molecule has 0 unspecified atom stereocenters. The Hall–Kier alpha value is -1.36. The summed E-state index contributed by atoms with van der Waals surface area (Å²) >= 11 is 1.69. The van der Waals surface area contributed by atoms with Gasteiger partial charge >= 0.3 is 5.97 Å². The maximum absolute atomic E-state index is 12.4. The second-order valence-corrected chi connectivity index (χ2v) is 6.46. The summed E-state index contributed by atoms with van der Waals surface area (Å²) in [6, 6.07) is 4.06. The molecule has 0 radical (unpaired) electrons. The van der Waals surface area contributed by atoms with Crippen molar-refractivity contribution in [3.63, 3.8) is 0 Å². The summed E-state index contributed by atoms with van der Waals surface area (Å²) in [7, 11) is 1.78. The summed E-state index contributed by atoms with van der Waals surface area (Å²) < 4.78 is 0. The number of carboxylic acid groups (broad SMARTS) is 1. The van der Waals surface area contributed by atoms with E-state index < -0.39 is 11.9 Å². The SMILES string of the molecule is CN(CCc1cccs1)C(=O)[C@@H]1CCCC[C@@H]1C(=O)O. The molecule has 0 bridgehead atoms. The Morgan fingerprint density at radius 2 is 2.05 bits per heavy atom. The topological polar surface area (TPSA) is 57.6 Å². The zero-order valence-electron chi connectivity index (χ0n) is 11.7. The number of likely N-dealkylation sites (N-methyl/N-ethyl adjacent to an activating group) is 1. The van der Waals surface area contributed by atoms with Crippen LogP contribution in [0.15, 0.2) is 17.5 Å². The number of carbonyl (C=O) groups excluding carboxylic acids is 1. The number of hydrogen-bond donors (Lipinski definition) is 1. The van der Waals surface area contributed by atoms with Gasteiger partial charge in [0.2, 0.25) is 5.91 Å². The first kappa shape index (κ1) is 15.0. The number of amides is 1. The average molecular weight is 295 g/mol. The average Bonchev–Trinajstić information content (AvgIpc) is 2.97. The molecule has 5 heteroatoms. The normalized spacial score (nSPS) is 22.4. The van der Waals surface area contributed by atoms with Crippen LogP contribution in [0.3, 0.4) is 0 Å². The lowest BCUT2D eigenvalue weighted by Gasteiger charge is -2.31. The molecule has 2 rings (SSSR count). The maximum Gasteiger partial charge on any atom is 0.307 e. The van der Waals surface area contributed by atoms with Crippen molar-refractivity contribution in [3.05, 3.63) is 22.4 Å². The fraction of sp³-hybridized carbons (Fsp3) is 0.600. The molecule has 1 amide bonds. The van der Waals surface area contributed by atoms with Crippen LogP contribution in [-0.4, -0.2) is 35.5 Å². The van der Waals surface area contributed by atoms with Crippen molar-refractivity contribution < 1.29 is 14.7 Å². The first-order chi connectivity index (χ1) is 9.59. The molecule has 1 aliphatic carbocycles. The highest BCUT2D eigenvalue weighted by atomic mass is 32.1. The van der Waals surface area contributed by atoms with E-state index in [2.05, 4.69) is 6.07 Å². The summed E-state index contributed by atoms with van der Waals surface area (Å²) in [6.45, 7) is 0.655. The van der Waals surface area contributed by atoms with Crippen molar-refractivity contribution in [1.82, 2.24) is 4.90 Å². The van der Waals surface area contributed by atoms with Crippen LogP contribution < -0.4 is 0 Å². The number of nitrogens with zero attached hydrogens (tertiary/aromatic N) is 1. The molecule has 1 aliphatic rings. The Kier molecular flexibility index (Phi) is 5.17. The first-order valence-corrected chi connectivity index (χ1v) is 7.97. The minimum absolute atomic E-state index is 0.00587. The smallest absolute Gasteiger partial charge is 0.307 e. The van der Waals surface area contributed by atoms with Gasteiger partial charge in [0.05, 0.1) is 11.8 Å². The molecular weight excluding hydrogens is 274 g/mol. The zero-order chi connectivity index (χ0) is 14.5. The third-order valence-corrected chi connectivity index (χ3v) is 4.99. The van der Waals surface area contributed by atoms with Crippen LogP contribution in [-0.2, 0) is 16.0 Å². The zero-order valence-corrected chi connectivity index (χ0v) is 12.6. The number of rotatable bonds is 5. The molecule has 2 atom stereocenters. The van der Waals surface area contributed by atoms with E-state index in [4.69, 9.17) is 0 Å². The third kappa shape index (κ3) is 3.60. The van der Waals surface area contributed by atoms with E-state index in [9.17, 15) is 14.7 Å². The van der Waals surface area contributed by atoms with E-state index in [0.29, 0.717) is 19.4 Å². The molecule has 1 fully saturated rings. The molecule has 4 nitrogen and oxygen atoms in total. The Morgan fingerprint density at radius 3 is 2.65 bits per heavy atom. The van der Waals surface area contributed by atoms with Crippen LogP contribution in [0.25, 0.3) is 0 Å². The molecule has 1 saturated carbocycles. The Balaban J connectivity index is 1.92.